The molecule has 2 aromatic rings. The van der Waals surface area contributed by atoms with E-state index in [0.717, 1.165) is 15.6 Å². The van der Waals surface area contributed by atoms with Gasteiger partial charge in [0.05, 0.1) is 0 Å². The molecule has 0 spiro atoms. The smallest absolute Gasteiger partial charge is 0.124 e. The van der Waals surface area contributed by atoms with E-state index in [1.807, 2.05) is 6.07 Å². The third-order valence-corrected chi connectivity index (χ3v) is 4.78. The van der Waals surface area contributed by atoms with Gasteiger partial charge in [-0.25, -0.2) is 4.39 Å². The molecular formula is C12H9BrFIS. The molecule has 1 atom stereocenters. The first-order valence-corrected chi connectivity index (χ1v) is 7.70. The lowest BCUT2D eigenvalue weighted by atomic mass is 10.1. The molecule has 1 aromatic carbocycles. The first-order valence-electron chi connectivity index (χ1n) is 4.77. The number of alkyl halides is 1. The molecular weight excluding hydrogens is 402 g/mol. The number of hydrogen-bond acceptors (Lipinski definition) is 1. The van der Waals surface area contributed by atoms with E-state index in [-0.39, 0.29) is 10.6 Å². The molecule has 0 bridgehead atoms. The van der Waals surface area contributed by atoms with Crippen LogP contribution >= 0.6 is 49.9 Å². The lowest BCUT2D eigenvalue weighted by molar-refractivity contribution is 0.625. The summed E-state index contributed by atoms with van der Waals surface area (Å²) in [6.45, 7) is 0. The van der Waals surface area contributed by atoms with E-state index in [4.69, 9.17) is 0 Å². The summed E-state index contributed by atoms with van der Waals surface area (Å²) in [7, 11) is 0. The van der Waals surface area contributed by atoms with Crippen LogP contribution in [-0.4, -0.2) is 0 Å². The second-order valence-corrected chi connectivity index (χ2v) is 6.52. The average molecular weight is 411 g/mol. The summed E-state index contributed by atoms with van der Waals surface area (Å²) in [5.74, 6) is -0.177. The minimum absolute atomic E-state index is 0.177. The Balaban J connectivity index is 2.17. The van der Waals surface area contributed by atoms with Crippen LogP contribution in [0.4, 0.5) is 4.39 Å². The quantitative estimate of drug-likeness (QED) is 0.483. The van der Waals surface area contributed by atoms with Crippen LogP contribution in [0.1, 0.15) is 16.0 Å². The Morgan fingerprint density at radius 1 is 1.38 bits per heavy atom. The Bertz CT molecular complexity index is 470. The second-order valence-electron chi connectivity index (χ2n) is 3.47. The zero-order valence-electron chi connectivity index (χ0n) is 8.29. The highest BCUT2D eigenvalue weighted by atomic mass is 127. The van der Waals surface area contributed by atoms with Gasteiger partial charge < -0.3 is 0 Å². The van der Waals surface area contributed by atoms with Gasteiger partial charge in [-0.2, -0.15) is 11.3 Å². The number of halogens is 3. The second kappa shape index (κ2) is 5.60. The molecule has 0 aliphatic heterocycles. The summed E-state index contributed by atoms with van der Waals surface area (Å²) in [4.78, 5) is 0.245. The minimum Gasteiger partial charge on any atom is -0.207 e. The predicted octanol–water partition coefficient (Wildman–Crippen LogP) is 5.17. The SMILES string of the molecule is Fc1ccc(C(Br)Cc2ccsc2)c(I)c1. The lowest BCUT2D eigenvalue weighted by Gasteiger charge is -2.11. The highest BCUT2D eigenvalue weighted by molar-refractivity contribution is 14.1. The average Bonchev–Trinajstić information content (AvgIpc) is 2.70. The van der Waals surface area contributed by atoms with Gasteiger partial charge >= 0.3 is 0 Å². The van der Waals surface area contributed by atoms with Gasteiger partial charge in [-0.1, -0.05) is 22.0 Å². The van der Waals surface area contributed by atoms with Crippen LogP contribution in [0.3, 0.4) is 0 Å². The van der Waals surface area contributed by atoms with Crippen LogP contribution in [0.15, 0.2) is 35.0 Å². The van der Waals surface area contributed by atoms with Crippen LogP contribution in [-0.2, 0) is 6.42 Å². The van der Waals surface area contributed by atoms with Gasteiger partial charge in [0, 0.05) is 8.40 Å². The molecule has 0 N–H and O–H groups in total. The monoisotopic (exact) mass is 410 g/mol. The fraction of sp³-hybridized carbons (Fsp3) is 0.167. The third-order valence-electron chi connectivity index (χ3n) is 2.29. The summed E-state index contributed by atoms with van der Waals surface area (Å²) in [6, 6.07) is 7.05. The predicted molar refractivity (Wildman–Crippen MR) is 78.8 cm³/mol. The van der Waals surface area contributed by atoms with Gasteiger partial charge in [-0.3, -0.25) is 0 Å². The van der Waals surface area contributed by atoms with E-state index in [2.05, 4.69) is 55.3 Å². The van der Waals surface area contributed by atoms with Crippen LogP contribution in [0.5, 0.6) is 0 Å². The van der Waals surface area contributed by atoms with Crippen LogP contribution in [0, 0.1) is 9.39 Å². The topological polar surface area (TPSA) is 0 Å². The summed E-state index contributed by atoms with van der Waals surface area (Å²) in [5, 5.41) is 4.22. The summed E-state index contributed by atoms with van der Waals surface area (Å²) < 4.78 is 13.9. The summed E-state index contributed by atoms with van der Waals surface area (Å²) in [6.07, 6.45) is 0.936. The molecule has 0 fully saturated rings. The molecule has 0 amide bonds. The summed E-state index contributed by atoms with van der Waals surface area (Å²) in [5.41, 5.74) is 2.46. The molecule has 0 saturated heterocycles. The Hall–Kier alpha value is 0.0600. The number of benzene rings is 1. The Kier molecular flexibility index (Phi) is 4.38. The van der Waals surface area contributed by atoms with Gasteiger partial charge in [0.15, 0.2) is 0 Å². The lowest BCUT2D eigenvalue weighted by Crippen LogP contribution is -1.97. The van der Waals surface area contributed by atoms with Gasteiger partial charge in [-0.15, -0.1) is 0 Å². The molecule has 0 aliphatic rings. The van der Waals surface area contributed by atoms with Crippen molar-refractivity contribution in [3.8, 4) is 0 Å². The number of hydrogen-bond donors (Lipinski definition) is 0. The normalized spacial score (nSPS) is 12.7. The molecule has 0 radical (unpaired) electrons. The third kappa shape index (κ3) is 3.05. The standard InChI is InChI=1S/C12H9BrFIS/c13-11(5-8-3-4-16-7-8)10-2-1-9(14)6-12(10)15/h1-4,6-7,11H,5H2. The first-order chi connectivity index (χ1) is 7.66. The Morgan fingerprint density at radius 3 is 2.81 bits per heavy atom. The fourth-order valence-corrected chi connectivity index (χ4v) is 4.22. The van der Waals surface area contributed by atoms with E-state index in [9.17, 15) is 4.39 Å². The van der Waals surface area contributed by atoms with E-state index in [1.54, 1.807) is 17.4 Å². The van der Waals surface area contributed by atoms with E-state index in [0.29, 0.717) is 0 Å². The fourth-order valence-electron chi connectivity index (χ4n) is 1.48. The van der Waals surface area contributed by atoms with Crippen molar-refractivity contribution in [2.24, 2.45) is 0 Å². The maximum atomic E-state index is 13.0. The molecule has 4 heteroatoms. The van der Waals surface area contributed by atoms with Crippen molar-refractivity contribution < 1.29 is 4.39 Å². The maximum Gasteiger partial charge on any atom is 0.124 e. The van der Waals surface area contributed by atoms with E-state index >= 15 is 0 Å². The molecule has 16 heavy (non-hydrogen) atoms. The summed E-state index contributed by atoms with van der Waals surface area (Å²) >= 11 is 7.54. The van der Waals surface area contributed by atoms with Crippen LogP contribution < -0.4 is 0 Å². The number of thiophene rings is 1. The Morgan fingerprint density at radius 2 is 2.19 bits per heavy atom. The maximum absolute atomic E-state index is 13.0. The van der Waals surface area contributed by atoms with Crippen molar-refractivity contribution in [2.45, 2.75) is 11.2 Å². The van der Waals surface area contributed by atoms with Crippen molar-refractivity contribution in [2.75, 3.05) is 0 Å². The van der Waals surface area contributed by atoms with Crippen molar-refractivity contribution in [1.82, 2.24) is 0 Å². The first kappa shape index (κ1) is 12.5. The molecule has 1 heterocycles. The zero-order valence-corrected chi connectivity index (χ0v) is 12.9. The van der Waals surface area contributed by atoms with Gasteiger partial charge in [0.2, 0.25) is 0 Å². The minimum atomic E-state index is -0.177. The van der Waals surface area contributed by atoms with Gasteiger partial charge in [-0.05, 0) is 69.1 Å². The number of rotatable bonds is 3. The van der Waals surface area contributed by atoms with Gasteiger partial charge in [0.1, 0.15) is 5.82 Å². The zero-order chi connectivity index (χ0) is 11.5. The van der Waals surface area contributed by atoms with Crippen LogP contribution in [0.25, 0.3) is 0 Å². The molecule has 2 rings (SSSR count). The molecule has 0 nitrogen and oxygen atoms in total. The molecule has 1 unspecified atom stereocenters. The highest BCUT2D eigenvalue weighted by Gasteiger charge is 2.12. The molecule has 0 aliphatic carbocycles. The van der Waals surface area contributed by atoms with Gasteiger partial charge in [0.25, 0.3) is 0 Å². The van der Waals surface area contributed by atoms with Crippen molar-refractivity contribution in [3.63, 3.8) is 0 Å². The molecule has 84 valence electrons. The van der Waals surface area contributed by atoms with Crippen molar-refractivity contribution >= 4 is 49.9 Å². The van der Waals surface area contributed by atoms with Crippen molar-refractivity contribution in [1.29, 1.82) is 0 Å². The molecule has 0 saturated carbocycles. The Labute approximate surface area is 120 Å². The van der Waals surface area contributed by atoms with Crippen molar-refractivity contribution in [3.05, 3.63) is 55.5 Å². The highest BCUT2D eigenvalue weighted by Crippen LogP contribution is 2.31. The van der Waals surface area contributed by atoms with E-state index in [1.165, 1.54) is 11.6 Å². The van der Waals surface area contributed by atoms with Crippen LogP contribution in [0.2, 0.25) is 0 Å². The largest absolute Gasteiger partial charge is 0.207 e. The van der Waals surface area contributed by atoms with E-state index < -0.39 is 0 Å². The molecule has 1 aromatic heterocycles.